The Morgan fingerprint density at radius 1 is 1.06 bits per heavy atom. The summed E-state index contributed by atoms with van der Waals surface area (Å²) in [6.45, 7) is 0.873. The van der Waals surface area contributed by atoms with Crippen LogP contribution >= 0.6 is 0 Å². The van der Waals surface area contributed by atoms with Crippen molar-refractivity contribution in [3.8, 4) is 0 Å². The zero-order valence-corrected chi connectivity index (χ0v) is 10.5. The van der Waals surface area contributed by atoms with Crippen LogP contribution in [0.3, 0.4) is 0 Å². The van der Waals surface area contributed by atoms with Crippen LogP contribution in [0, 0.1) is 0 Å². The quantitative estimate of drug-likeness (QED) is 0.662. The first-order valence-corrected chi connectivity index (χ1v) is 6.36. The molecule has 1 heteroatoms. The van der Waals surface area contributed by atoms with Crippen LogP contribution in [-0.4, -0.2) is 13.7 Å². The molecule has 1 aliphatic carbocycles. The molecule has 0 aromatic heterocycles. The normalized spacial score (nSPS) is 14.6. The lowest BCUT2D eigenvalue weighted by molar-refractivity contribution is 0.193. The standard InChI is InChI=1S/C16H20O/c1-17-13-6-5-10-15-11-7-12-16(15)14-8-3-2-4-9-14/h2-4,8-9,11-12H,5-7,10,13H2,1H3. The molecule has 0 spiro atoms. The summed E-state index contributed by atoms with van der Waals surface area (Å²) in [5, 5.41) is 0. The molecule has 0 atom stereocenters. The molecule has 2 rings (SSSR count). The molecule has 1 nitrogen and oxygen atoms in total. The van der Waals surface area contributed by atoms with Crippen LogP contribution in [-0.2, 0) is 4.74 Å². The largest absolute Gasteiger partial charge is 0.385 e. The molecule has 0 aliphatic heterocycles. The third kappa shape index (κ3) is 3.31. The number of rotatable bonds is 6. The maximum atomic E-state index is 5.08. The van der Waals surface area contributed by atoms with E-state index in [0.717, 1.165) is 19.4 Å². The fourth-order valence-corrected chi connectivity index (χ4v) is 2.28. The van der Waals surface area contributed by atoms with Crippen molar-refractivity contribution in [2.45, 2.75) is 25.7 Å². The monoisotopic (exact) mass is 228 g/mol. The van der Waals surface area contributed by atoms with Gasteiger partial charge in [-0.25, -0.2) is 0 Å². The fraction of sp³-hybridized carbons (Fsp3) is 0.375. The molecule has 17 heavy (non-hydrogen) atoms. The molecule has 0 unspecified atom stereocenters. The summed E-state index contributed by atoms with van der Waals surface area (Å²) in [6, 6.07) is 10.7. The van der Waals surface area contributed by atoms with E-state index in [1.807, 2.05) is 0 Å². The summed E-state index contributed by atoms with van der Waals surface area (Å²) in [5.41, 5.74) is 4.29. The van der Waals surface area contributed by atoms with Crippen molar-refractivity contribution < 1.29 is 4.74 Å². The Labute approximate surface area is 104 Å². The van der Waals surface area contributed by atoms with Crippen molar-refractivity contribution in [3.63, 3.8) is 0 Å². The van der Waals surface area contributed by atoms with Gasteiger partial charge in [0.1, 0.15) is 0 Å². The zero-order valence-electron chi connectivity index (χ0n) is 10.5. The molecule has 1 aromatic carbocycles. The number of hydrogen-bond donors (Lipinski definition) is 0. The molecule has 90 valence electrons. The second-order valence-electron chi connectivity index (χ2n) is 4.40. The topological polar surface area (TPSA) is 9.23 Å². The second kappa shape index (κ2) is 6.41. The molecule has 0 fully saturated rings. The van der Waals surface area contributed by atoms with Crippen LogP contribution in [0.25, 0.3) is 5.57 Å². The summed E-state index contributed by atoms with van der Waals surface area (Å²) in [5.74, 6) is 0. The Balaban J connectivity index is 1.93. The van der Waals surface area contributed by atoms with Gasteiger partial charge in [-0.05, 0) is 42.4 Å². The molecular weight excluding hydrogens is 208 g/mol. The number of hydrogen-bond acceptors (Lipinski definition) is 1. The molecule has 0 heterocycles. The van der Waals surface area contributed by atoms with Gasteiger partial charge >= 0.3 is 0 Å². The first-order chi connectivity index (χ1) is 8.42. The highest BCUT2D eigenvalue weighted by Crippen LogP contribution is 2.32. The van der Waals surface area contributed by atoms with Gasteiger partial charge < -0.3 is 4.74 Å². The van der Waals surface area contributed by atoms with E-state index in [1.165, 1.54) is 29.6 Å². The van der Waals surface area contributed by atoms with Crippen molar-refractivity contribution >= 4 is 5.57 Å². The molecule has 0 N–H and O–H groups in total. The molecule has 0 amide bonds. The first-order valence-electron chi connectivity index (χ1n) is 6.36. The third-order valence-corrected chi connectivity index (χ3v) is 3.16. The van der Waals surface area contributed by atoms with Crippen molar-refractivity contribution in [3.05, 3.63) is 53.6 Å². The van der Waals surface area contributed by atoms with E-state index >= 15 is 0 Å². The summed E-state index contributed by atoms with van der Waals surface area (Å²) < 4.78 is 5.08. The van der Waals surface area contributed by atoms with Crippen LogP contribution in [0.4, 0.5) is 0 Å². The zero-order chi connectivity index (χ0) is 11.9. The van der Waals surface area contributed by atoms with Crippen LogP contribution in [0.15, 0.2) is 48.1 Å². The maximum absolute atomic E-state index is 5.08. The number of unbranched alkanes of at least 4 members (excludes halogenated alkanes) is 1. The molecule has 0 saturated heterocycles. The van der Waals surface area contributed by atoms with Gasteiger partial charge in [0.05, 0.1) is 0 Å². The van der Waals surface area contributed by atoms with Crippen LogP contribution in [0.2, 0.25) is 0 Å². The first kappa shape index (κ1) is 12.1. The Morgan fingerprint density at radius 2 is 1.88 bits per heavy atom. The van der Waals surface area contributed by atoms with Gasteiger partial charge in [0, 0.05) is 13.7 Å². The predicted octanol–water partition coefficient (Wildman–Crippen LogP) is 4.22. The Kier molecular flexibility index (Phi) is 4.57. The van der Waals surface area contributed by atoms with Gasteiger partial charge in [-0.3, -0.25) is 0 Å². The average Bonchev–Trinajstić information content (AvgIpc) is 2.84. The van der Waals surface area contributed by atoms with E-state index in [0.29, 0.717) is 0 Å². The number of allylic oxidation sites excluding steroid dienone is 4. The van der Waals surface area contributed by atoms with Gasteiger partial charge in [-0.15, -0.1) is 0 Å². The van der Waals surface area contributed by atoms with Gasteiger partial charge in [0.2, 0.25) is 0 Å². The third-order valence-electron chi connectivity index (χ3n) is 3.16. The van der Waals surface area contributed by atoms with Crippen LogP contribution in [0.5, 0.6) is 0 Å². The minimum absolute atomic E-state index is 0.873. The lowest BCUT2D eigenvalue weighted by Crippen LogP contribution is -1.91. The number of ether oxygens (including phenoxy) is 1. The average molecular weight is 228 g/mol. The highest BCUT2D eigenvalue weighted by Gasteiger charge is 2.11. The van der Waals surface area contributed by atoms with E-state index in [2.05, 4.69) is 42.5 Å². The van der Waals surface area contributed by atoms with Crippen molar-refractivity contribution in [2.75, 3.05) is 13.7 Å². The minimum Gasteiger partial charge on any atom is -0.385 e. The smallest absolute Gasteiger partial charge is 0.0462 e. The van der Waals surface area contributed by atoms with Gasteiger partial charge in [-0.1, -0.05) is 42.5 Å². The highest BCUT2D eigenvalue weighted by atomic mass is 16.5. The lowest BCUT2D eigenvalue weighted by Gasteiger charge is -2.09. The molecular formula is C16H20O. The highest BCUT2D eigenvalue weighted by molar-refractivity contribution is 5.81. The van der Waals surface area contributed by atoms with Crippen LogP contribution < -0.4 is 0 Å². The Morgan fingerprint density at radius 3 is 2.65 bits per heavy atom. The van der Waals surface area contributed by atoms with E-state index < -0.39 is 0 Å². The van der Waals surface area contributed by atoms with E-state index in [1.54, 1.807) is 7.11 Å². The molecule has 1 aliphatic rings. The maximum Gasteiger partial charge on any atom is 0.0462 e. The fourth-order valence-electron chi connectivity index (χ4n) is 2.28. The Hall–Kier alpha value is -1.34. The Bertz CT molecular complexity index is 401. The second-order valence-corrected chi connectivity index (χ2v) is 4.40. The molecule has 1 aromatic rings. The summed E-state index contributed by atoms with van der Waals surface area (Å²) in [4.78, 5) is 0. The van der Waals surface area contributed by atoms with Gasteiger partial charge in [0.15, 0.2) is 0 Å². The van der Waals surface area contributed by atoms with Gasteiger partial charge in [0.25, 0.3) is 0 Å². The number of benzene rings is 1. The minimum atomic E-state index is 0.873. The summed E-state index contributed by atoms with van der Waals surface area (Å²) in [6.07, 6.45) is 9.31. The van der Waals surface area contributed by atoms with Crippen molar-refractivity contribution in [1.82, 2.24) is 0 Å². The SMILES string of the molecule is COCCCCC1=CCC=C1c1ccccc1. The lowest BCUT2D eigenvalue weighted by atomic mass is 9.97. The van der Waals surface area contributed by atoms with Crippen molar-refractivity contribution in [1.29, 1.82) is 0 Å². The molecule has 0 saturated carbocycles. The van der Waals surface area contributed by atoms with Crippen molar-refractivity contribution in [2.24, 2.45) is 0 Å². The van der Waals surface area contributed by atoms with E-state index in [-0.39, 0.29) is 0 Å². The van der Waals surface area contributed by atoms with Gasteiger partial charge in [-0.2, -0.15) is 0 Å². The summed E-state index contributed by atoms with van der Waals surface area (Å²) >= 11 is 0. The van der Waals surface area contributed by atoms with E-state index in [4.69, 9.17) is 4.74 Å². The predicted molar refractivity (Wildman–Crippen MR) is 72.8 cm³/mol. The molecule has 0 bridgehead atoms. The number of methoxy groups -OCH3 is 1. The van der Waals surface area contributed by atoms with Crippen LogP contribution in [0.1, 0.15) is 31.2 Å². The van der Waals surface area contributed by atoms with E-state index in [9.17, 15) is 0 Å². The summed E-state index contributed by atoms with van der Waals surface area (Å²) in [7, 11) is 1.77. The molecule has 0 radical (unpaired) electrons.